The summed E-state index contributed by atoms with van der Waals surface area (Å²) in [4.78, 5) is 2.28. The first-order chi connectivity index (χ1) is 16.4. The molecule has 0 bridgehead atoms. The fourth-order valence-electron chi connectivity index (χ4n) is 4.04. The highest BCUT2D eigenvalue weighted by Crippen LogP contribution is 2.37. The second kappa shape index (κ2) is 11.1. The van der Waals surface area contributed by atoms with E-state index in [4.69, 9.17) is 14.6 Å². The van der Waals surface area contributed by atoms with Gasteiger partial charge >= 0.3 is 0 Å². The summed E-state index contributed by atoms with van der Waals surface area (Å²) in [6.45, 7) is 6.20. The minimum absolute atomic E-state index is 0.312. The van der Waals surface area contributed by atoms with Gasteiger partial charge in [-0.25, -0.2) is 9.07 Å². The van der Waals surface area contributed by atoms with Crippen LogP contribution in [-0.2, 0) is 18.3 Å². The van der Waals surface area contributed by atoms with Crippen LogP contribution in [0.15, 0.2) is 54.6 Å². The Morgan fingerprint density at radius 1 is 1.12 bits per heavy atom. The van der Waals surface area contributed by atoms with Gasteiger partial charge in [-0.2, -0.15) is 5.10 Å². The molecule has 0 amide bonds. The van der Waals surface area contributed by atoms with E-state index in [2.05, 4.69) is 18.7 Å². The van der Waals surface area contributed by atoms with E-state index in [-0.39, 0.29) is 5.82 Å². The van der Waals surface area contributed by atoms with Gasteiger partial charge in [0.1, 0.15) is 17.3 Å². The topological polar surface area (TPSA) is 59.8 Å². The molecule has 1 atom stereocenters. The lowest BCUT2D eigenvalue weighted by Crippen LogP contribution is -2.36. The average Bonchev–Trinajstić information content (AvgIpc) is 3.60. The van der Waals surface area contributed by atoms with E-state index in [1.165, 1.54) is 12.1 Å². The monoisotopic (exact) mass is 467 g/mol. The minimum Gasteiger partial charge on any atom is -0.439 e. The normalized spacial score (nSPS) is 14.7. The highest BCUT2D eigenvalue weighted by molar-refractivity contribution is 5.65. The molecule has 1 aliphatic carbocycles. The van der Waals surface area contributed by atoms with Crippen molar-refractivity contribution in [2.24, 2.45) is 13.0 Å². The van der Waals surface area contributed by atoms with E-state index in [1.54, 1.807) is 16.8 Å². The van der Waals surface area contributed by atoms with Gasteiger partial charge in [-0.15, -0.1) is 0 Å². The van der Waals surface area contributed by atoms with Gasteiger partial charge in [0, 0.05) is 44.4 Å². The lowest BCUT2D eigenvalue weighted by Gasteiger charge is -2.25. The highest BCUT2D eigenvalue weighted by Gasteiger charge is 2.33. The summed E-state index contributed by atoms with van der Waals surface area (Å²) >= 11 is 0. The molecular formula is C27H34FN3O3. The van der Waals surface area contributed by atoms with Gasteiger partial charge in [0.2, 0.25) is 5.88 Å². The summed E-state index contributed by atoms with van der Waals surface area (Å²) in [7, 11) is 1.83. The number of hydrogen-bond donors (Lipinski definition) is 1. The average molecular weight is 468 g/mol. The van der Waals surface area contributed by atoms with Crippen LogP contribution in [0.25, 0.3) is 11.3 Å². The molecule has 34 heavy (non-hydrogen) atoms. The summed E-state index contributed by atoms with van der Waals surface area (Å²) in [5.74, 6) is 1.07. The molecule has 6 nitrogen and oxygen atoms in total. The molecular weight excluding hydrogens is 433 g/mol. The van der Waals surface area contributed by atoms with Gasteiger partial charge in [0.15, 0.2) is 0 Å². The maximum Gasteiger partial charge on any atom is 0.222 e. The van der Waals surface area contributed by atoms with Crippen molar-refractivity contribution in [2.75, 3.05) is 19.8 Å². The molecule has 0 radical (unpaired) electrons. The third kappa shape index (κ3) is 6.44. The van der Waals surface area contributed by atoms with Crippen molar-refractivity contribution >= 4 is 0 Å². The number of benzene rings is 2. The molecule has 1 saturated carbocycles. The van der Waals surface area contributed by atoms with Crippen molar-refractivity contribution in [2.45, 2.75) is 45.4 Å². The fourth-order valence-corrected chi connectivity index (χ4v) is 4.04. The Morgan fingerprint density at radius 2 is 1.88 bits per heavy atom. The van der Waals surface area contributed by atoms with Crippen LogP contribution < -0.4 is 4.74 Å². The molecule has 1 aliphatic rings. The fraction of sp³-hybridized carbons (Fsp3) is 0.444. The van der Waals surface area contributed by atoms with Crippen LogP contribution in [0, 0.1) is 11.7 Å². The summed E-state index contributed by atoms with van der Waals surface area (Å²) in [6.07, 6.45) is 1.62. The molecule has 1 aromatic heterocycles. The summed E-state index contributed by atoms with van der Waals surface area (Å²) in [5, 5.41) is 15.4. The number of aromatic nitrogens is 2. The Balaban J connectivity index is 1.61. The zero-order chi connectivity index (χ0) is 24.1. The number of aryl methyl sites for hydroxylation is 1. The largest absolute Gasteiger partial charge is 0.439 e. The van der Waals surface area contributed by atoms with Gasteiger partial charge in [-0.1, -0.05) is 50.2 Å². The second-order valence-electron chi connectivity index (χ2n) is 9.43. The molecule has 0 saturated heterocycles. The number of hydrogen-bond acceptors (Lipinski definition) is 5. The molecule has 182 valence electrons. The Labute approximate surface area is 200 Å². The maximum atomic E-state index is 13.8. The third-order valence-electron chi connectivity index (χ3n) is 5.78. The highest BCUT2D eigenvalue weighted by atomic mass is 19.1. The number of rotatable bonds is 12. The summed E-state index contributed by atoms with van der Waals surface area (Å²) in [6, 6.07) is 16.5. The van der Waals surface area contributed by atoms with Gasteiger partial charge < -0.3 is 14.6 Å². The van der Waals surface area contributed by atoms with Crippen LogP contribution in [0.2, 0.25) is 0 Å². The zero-order valence-electron chi connectivity index (χ0n) is 20.2. The van der Waals surface area contributed by atoms with E-state index < -0.39 is 6.10 Å². The molecule has 0 unspecified atom stereocenters. The van der Waals surface area contributed by atoms with Crippen molar-refractivity contribution < 1.29 is 19.0 Å². The van der Waals surface area contributed by atoms with Crippen LogP contribution in [0.4, 0.5) is 4.39 Å². The number of aliphatic hydroxyl groups is 1. The van der Waals surface area contributed by atoms with Crippen molar-refractivity contribution in [1.82, 2.24) is 14.7 Å². The lowest BCUT2D eigenvalue weighted by atomic mass is 10.1. The van der Waals surface area contributed by atoms with E-state index in [1.807, 2.05) is 37.4 Å². The second-order valence-corrected chi connectivity index (χ2v) is 9.43. The number of ether oxygens (including phenoxy) is 2. The first-order valence-electron chi connectivity index (χ1n) is 11.9. The molecule has 0 spiro atoms. The summed E-state index contributed by atoms with van der Waals surface area (Å²) < 4.78 is 27.3. The maximum absolute atomic E-state index is 13.8. The Bertz CT molecular complexity index is 1070. The zero-order valence-corrected chi connectivity index (χ0v) is 20.2. The van der Waals surface area contributed by atoms with Gasteiger partial charge in [-0.3, -0.25) is 4.90 Å². The van der Waals surface area contributed by atoms with Crippen molar-refractivity contribution in [3.8, 4) is 22.9 Å². The number of nitrogens with zero attached hydrogens (tertiary/aromatic N) is 3. The first-order valence-corrected chi connectivity index (χ1v) is 11.9. The van der Waals surface area contributed by atoms with Crippen molar-refractivity contribution in [1.29, 1.82) is 0 Å². The van der Waals surface area contributed by atoms with Crippen LogP contribution in [-0.4, -0.2) is 51.7 Å². The first kappa shape index (κ1) is 24.4. The van der Waals surface area contributed by atoms with Crippen LogP contribution in [0.1, 0.15) is 32.3 Å². The van der Waals surface area contributed by atoms with Gasteiger partial charge in [-0.05, 0) is 30.9 Å². The van der Waals surface area contributed by atoms with Crippen LogP contribution in [0.5, 0.6) is 11.6 Å². The van der Waals surface area contributed by atoms with Crippen LogP contribution in [0.3, 0.4) is 0 Å². The molecule has 1 fully saturated rings. The van der Waals surface area contributed by atoms with E-state index in [9.17, 15) is 9.50 Å². The van der Waals surface area contributed by atoms with Crippen LogP contribution >= 0.6 is 0 Å². The smallest absolute Gasteiger partial charge is 0.222 e. The van der Waals surface area contributed by atoms with Gasteiger partial charge in [0.25, 0.3) is 0 Å². The Morgan fingerprint density at radius 3 is 2.56 bits per heavy atom. The predicted molar refractivity (Wildman–Crippen MR) is 130 cm³/mol. The molecule has 1 N–H and O–H groups in total. The Hall–Kier alpha value is -2.74. The number of aliphatic hydroxyl groups excluding tert-OH is 1. The van der Waals surface area contributed by atoms with Gasteiger partial charge in [0.05, 0.1) is 18.3 Å². The lowest BCUT2D eigenvalue weighted by molar-refractivity contribution is 0.00541. The Kier molecular flexibility index (Phi) is 7.98. The molecule has 4 rings (SSSR count). The molecule has 0 aliphatic heterocycles. The molecule has 1 heterocycles. The predicted octanol–water partition coefficient (Wildman–Crippen LogP) is 5.02. The van der Waals surface area contributed by atoms with Crippen molar-refractivity contribution in [3.63, 3.8) is 0 Å². The van der Waals surface area contributed by atoms with E-state index in [0.717, 1.165) is 29.7 Å². The quantitative estimate of drug-likeness (QED) is 0.406. The van der Waals surface area contributed by atoms with E-state index >= 15 is 0 Å². The molecule has 3 aromatic rings. The SMILES string of the molecule is CC(C)COC[C@@H](O)CN(Cc1c(-c2ccccc2)nn(C)c1Oc1cccc(F)c1)C1CC1. The standard InChI is InChI=1S/C27H34FN3O3/c1-19(2)17-33-18-23(32)15-31(22-12-13-22)16-25-26(20-8-5-4-6-9-20)29-30(3)27(25)34-24-11-7-10-21(28)14-24/h4-11,14,19,22-23,32H,12-13,15-18H2,1-3H3/t23-/m0/s1. The number of halogens is 1. The van der Waals surface area contributed by atoms with Crippen molar-refractivity contribution in [3.05, 3.63) is 66.0 Å². The molecule has 7 heteroatoms. The molecule has 2 aromatic carbocycles. The summed E-state index contributed by atoms with van der Waals surface area (Å²) in [5.41, 5.74) is 2.73. The third-order valence-corrected chi connectivity index (χ3v) is 5.78. The van der Waals surface area contributed by atoms with E-state index in [0.29, 0.717) is 49.9 Å². The minimum atomic E-state index is -0.580.